The predicted molar refractivity (Wildman–Crippen MR) is 287 cm³/mol. The van der Waals surface area contributed by atoms with Gasteiger partial charge in [0.2, 0.25) is 17.7 Å². The highest BCUT2D eigenvalue weighted by molar-refractivity contribution is 6.25. The molecule has 76 heavy (non-hydrogen) atoms. The minimum absolute atomic E-state index is 0.0524. The largest absolute Gasteiger partial charge is 0.382 e. The number of ketones is 2. The Bertz CT molecular complexity index is 2700. The first kappa shape index (κ1) is 56.8. The number of ether oxygens (including phenoxy) is 4. The number of hydrogen-bond donors (Lipinski definition) is 5. The van der Waals surface area contributed by atoms with Gasteiger partial charge in [-0.1, -0.05) is 17.7 Å². The van der Waals surface area contributed by atoms with Gasteiger partial charge in [0.15, 0.2) is 11.6 Å². The standard InChI is InChI=1S/C56H71N9O11/c1-36(2)61-46-33-40(32-43(44(46)34-57)48(66)11-9-41-38(4)30-37(3)31-49(41)67)39-8-12-50(60-35-39)64-20-18-63(19-21-64)17-15-59-51(68)14-22-73-24-26-75-28-29-76-27-25-74-23-16-58-45-7-5-6-42-53(45)56(72)65(55(42)71)47-10-13-52(69)62-54(47)70/h5-8,12,30,32-36,47,57-58,61H,9-11,13-29,31H2,1-4H3,(H,59,68)(H,62,69,70). The molecule has 4 heterocycles. The lowest BCUT2D eigenvalue weighted by atomic mass is 9.88. The summed E-state index contributed by atoms with van der Waals surface area (Å²) in [7, 11) is 0. The van der Waals surface area contributed by atoms with Gasteiger partial charge in [-0.2, -0.15) is 0 Å². The van der Waals surface area contributed by atoms with Gasteiger partial charge in [-0.25, -0.2) is 4.98 Å². The second-order valence-electron chi connectivity index (χ2n) is 19.5. The number of piperidine rings is 1. The van der Waals surface area contributed by atoms with Crippen molar-refractivity contribution >= 4 is 64.5 Å². The lowest BCUT2D eigenvalue weighted by Crippen LogP contribution is -2.54. The topological polar surface area (TPSA) is 251 Å². The summed E-state index contributed by atoms with van der Waals surface area (Å²) < 4.78 is 22.3. The maximum Gasteiger partial charge on any atom is 0.264 e. The maximum atomic E-state index is 13.8. The number of hydrogen-bond acceptors (Lipinski definition) is 17. The Hall–Kier alpha value is -6.97. The molecule has 7 rings (SSSR count). The van der Waals surface area contributed by atoms with E-state index in [-0.39, 0.29) is 66.9 Å². The Balaban J connectivity index is 0.710. The van der Waals surface area contributed by atoms with Crippen LogP contribution in [0.5, 0.6) is 0 Å². The Kier molecular flexibility index (Phi) is 20.7. The molecule has 1 aliphatic carbocycles. The van der Waals surface area contributed by atoms with E-state index in [2.05, 4.69) is 31.1 Å². The number of nitrogens with one attached hydrogen (secondary N) is 5. The summed E-state index contributed by atoms with van der Waals surface area (Å²) >= 11 is 0. The van der Waals surface area contributed by atoms with Crippen LogP contribution in [0.25, 0.3) is 11.1 Å². The molecule has 3 aromatic rings. The van der Waals surface area contributed by atoms with Crippen molar-refractivity contribution < 1.29 is 52.5 Å². The highest BCUT2D eigenvalue weighted by atomic mass is 16.6. The quantitative estimate of drug-likeness (QED) is 0.0266. The van der Waals surface area contributed by atoms with Gasteiger partial charge in [-0.3, -0.25) is 48.7 Å². The van der Waals surface area contributed by atoms with Gasteiger partial charge in [0.1, 0.15) is 11.9 Å². The van der Waals surface area contributed by atoms with Gasteiger partial charge in [-0.15, -0.1) is 0 Å². The molecule has 2 fully saturated rings. The Labute approximate surface area is 443 Å². The third-order valence-corrected chi connectivity index (χ3v) is 13.5. The monoisotopic (exact) mass is 1050 g/mol. The lowest BCUT2D eigenvalue weighted by Gasteiger charge is -2.35. The molecule has 1 aromatic heterocycles. The van der Waals surface area contributed by atoms with Gasteiger partial charge in [0.25, 0.3) is 11.8 Å². The number of amides is 5. The Morgan fingerprint density at radius 2 is 1.54 bits per heavy atom. The van der Waals surface area contributed by atoms with Crippen molar-refractivity contribution in [2.45, 2.75) is 78.3 Å². The van der Waals surface area contributed by atoms with E-state index in [1.807, 2.05) is 64.2 Å². The fraction of sp³-hybridized carbons (Fsp3) is 0.482. The van der Waals surface area contributed by atoms with Crippen molar-refractivity contribution in [1.82, 2.24) is 25.4 Å². The minimum atomic E-state index is -1.03. The third kappa shape index (κ3) is 15.1. The molecule has 406 valence electrons. The number of fused-ring (bicyclic) bond motifs is 1. The van der Waals surface area contributed by atoms with E-state index in [0.29, 0.717) is 100 Å². The average Bonchev–Trinajstić information content (AvgIpc) is 3.72. The molecule has 2 saturated heterocycles. The first-order valence-corrected chi connectivity index (χ1v) is 26.2. The number of Topliss-reactive ketones (excluding diaryl/α,β-unsaturated/α-hetero) is 2. The molecule has 0 radical (unpaired) electrons. The number of imide groups is 2. The van der Waals surface area contributed by atoms with Crippen LogP contribution < -0.4 is 26.2 Å². The summed E-state index contributed by atoms with van der Waals surface area (Å²) in [5.74, 6) is -1.48. The molecular weight excluding hydrogens is 975 g/mol. The highest BCUT2D eigenvalue weighted by Crippen LogP contribution is 2.34. The smallest absolute Gasteiger partial charge is 0.264 e. The summed E-state index contributed by atoms with van der Waals surface area (Å²) in [5, 5.41) is 20.0. The van der Waals surface area contributed by atoms with Gasteiger partial charge in [0.05, 0.1) is 64.0 Å². The molecule has 5 N–H and O–H groups in total. The molecule has 0 bridgehead atoms. The van der Waals surface area contributed by atoms with Gasteiger partial charge in [-0.05, 0) is 93.6 Å². The van der Waals surface area contributed by atoms with E-state index in [1.54, 1.807) is 18.2 Å². The van der Waals surface area contributed by atoms with E-state index < -0.39 is 29.7 Å². The maximum absolute atomic E-state index is 13.8. The second kappa shape index (κ2) is 27.7. The molecular formula is C56H71N9O11. The van der Waals surface area contributed by atoms with Crippen LogP contribution in [0.15, 0.2) is 71.5 Å². The number of piperazine rings is 1. The van der Waals surface area contributed by atoms with Crippen molar-refractivity contribution in [3.05, 3.63) is 93.7 Å². The predicted octanol–water partition coefficient (Wildman–Crippen LogP) is 4.97. The highest BCUT2D eigenvalue weighted by Gasteiger charge is 2.45. The number of allylic oxidation sites excluding steroid dienone is 4. The summed E-state index contributed by atoms with van der Waals surface area (Å²) in [5.41, 5.74) is 6.84. The normalized spacial score (nSPS) is 17.0. The van der Waals surface area contributed by atoms with Crippen molar-refractivity contribution in [3.63, 3.8) is 0 Å². The first-order chi connectivity index (χ1) is 36.7. The summed E-state index contributed by atoms with van der Waals surface area (Å²) in [4.78, 5) is 99.6. The zero-order valence-electron chi connectivity index (χ0n) is 44.1. The van der Waals surface area contributed by atoms with Crippen molar-refractivity contribution in [1.29, 1.82) is 5.41 Å². The number of carbonyl (C=O) groups excluding carboxylic acids is 7. The average molecular weight is 1050 g/mol. The van der Waals surface area contributed by atoms with Crippen LogP contribution in [-0.2, 0) is 38.1 Å². The molecule has 20 heteroatoms. The number of rotatable bonds is 29. The zero-order chi connectivity index (χ0) is 54.1. The molecule has 2 aromatic carbocycles. The summed E-state index contributed by atoms with van der Waals surface area (Å²) in [6.07, 6.45) is 6.36. The second-order valence-corrected chi connectivity index (χ2v) is 19.5. The SMILES string of the molecule is CC1=CC(C)=C(CCC(=O)c2cc(-c3ccc(N4CCN(CCNC(=O)CCOCCOCCOCCOCCNc5cccc6c5C(=O)N(C5CCC(=O)NC5=O)C6=O)CC4)nc3)cc(NC(C)C)c2C=N)C(=O)C1. The van der Waals surface area contributed by atoms with Crippen LogP contribution in [0.4, 0.5) is 17.2 Å². The lowest BCUT2D eigenvalue weighted by molar-refractivity contribution is -0.136. The fourth-order valence-corrected chi connectivity index (χ4v) is 9.67. The van der Waals surface area contributed by atoms with Crippen LogP contribution in [-0.4, -0.2) is 173 Å². The number of nitrogens with zero attached hydrogens (tertiary/aromatic N) is 4. The van der Waals surface area contributed by atoms with E-state index >= 15 is 0 Å². The fourth-order valence-electron chi connectivity index (χ4n) is 9.67. The van der Waals surface area contributed by atoms with Gasteiger partial charge < -0.3 is 45.2 Å². The number of aromatic nitrogens is 1. The number of carbonyl (C=O) groups is 7. The van der Waals surface area contributed by atoms with Gasteiger partial charge in [0, 0.05) is 118 Å². The van der Waals surface area contributed by atoms with Crippen LogP contribution in [0, 0.1) is 5.41 Å². The number of benzene rings is 2. The van der Waals surface area contributed by atoms with Gasteiger partial charge >= 0.3 is 0 Å². The van der Waals surface area contributed by atoms with E-state index in [9.17, 15) is 33.6 Å². The first-order valence-electron chi connectivity index (χ1n) is 26.2. The molecule has 3 aliphatic heterocycles. The summed E-state index contributed by atoms with van der Waals surface area (Å²) in [6.45, 7) is 15.5. The van der Waals surface area contributed by atoms with Crippen LogP contribution in [0.3, 0.4) is 0 Å². The van der Waals surface area contributed by atoms with Crippen molar-refractivity contribution in [3.8, 4) is 11.1 Å². The van der Waals surface area contributed by atoms with Crippen LogP contribution in [0.2, 0.25) is 0 Å². The van der Waals surface area contributed by atoms with Crippen LogP contribution in [0.1, 0.15) is 103 Å². The van der Waals surface area contributed by atoms with Crippen molar-refractivity contribution in [2.24, 2.45) is 0 Å². The Morgan fingerprint density at radius 1 is 0.829 bits per heavy atom. The molecule has 0 spiro atoms. The van der Waals surface area contributed by atoms with Crippen LogP contribution >= 0.6 is 0 Å². The third-order valence-electron chi connectivity index (χ3n) is 13.5. The molecule has 0 saturated carbocycles. The molecule has 5 amide bonds. The summed E-state index contributed by atoms with van der Waals surface area (Å²) in [6, 6.07) is 11.7. The molecule has 20 nitrogen and oxygen atoms in total. The van der Waals surface area contributed by atoms with E-state index in [1.165, 1.54) is 6.21 Å². The number of anilines is 3. The molecule has 4 aliphatic rings. The number of pyridine rings is 1. The molecule has 1 atom stereocenters. The molecule has 1 unspecified atom stereocenters. The zero-order valence-corrected chi connectivity index (χ0v) is 44.1. The van der Waals surface area contributed by atoms with E-state index in [4.69, 9.17) is 29.3 Å². The Morgan fingerprint density at radius 3 is 2.20 bits per heavy atom. The van der Waals surface area contributed by atoms with Crippen molar-refractivity contribution in [2.75, 3.05) is 114 Å². The van der Waals surface area contributed by atoms with E-state index in [0.717, 1.165) is 65.7 Å². The minimum Gasteiger partial charge on any atom is -0.382 e.